The zero-order chi connectivity index (χ0) is 21.5. The van der Waals surface area contributed by atoms with Gasteiger partial charge in [-0.05, 0) is 31.4 Å². The highest BCUT2D eigenvalue weighted by atomic mass is 32.1. The van der Waals surface area contributed by atoms with E-state index in [0.29, 0.717) is 28.4 Å². The fourth-order valence-corrected chi connectivity index (χ4v) is 4.34. The summed E-state index contributed by atoms with van der Waals surface area (Å²) in [5.41, 5.74) is 4.67. The van der Waals surface area contributed by atoms with Crippen molar-refractivity contribution in [2.75, 3.05) is 5.32 Å². The number of aromatic nitrogens is 4. The Balaban J connectivity index is 1.62. The summed E-state index contributed by atoms with van der Waals surface area (Å²) < 4.78 is 7.23. The van der Waals surface area contributed by atoms with E-state index in [0.717, 1.165) is 27.2 Å². The molecule has 4 aromatic heterocycles. The van der Waals surface area contributed by atoms with Gasteiger partial charge in [-0.1, -0.05) is 41.6 Å². The van der Waals surface area contributed by atoms with Crippen molar-refractivity contribution in [2.45, 2.75) is 13.8 Å². The molecule has 0 saturated heterocycles. The van der Waals surface area contributed by atoms with Crippen LogP contribution in [-0.4, -0.2) is 25.8 Å². The molecule has 1 aromatic carbocycles. The Morgan fingerprint density at radius 2 is 1.90 bits per heavy atom. The van der Waals surface area contributed by atoms with Crippen LogP contribution < -0.4 is 5.32 Å². The maximum atomic E-state index is 13.5. The van der Waals surface area contributed by atoms with E-state index in [1.165, 1.54) is 0 Å². The summed E-state index contributed by atoms with van der Waals surface area (Å²) in [5, 5.41) is 14.3. The number of fused-ring (bicyclic) bond motifs is 1. The highest BCUT2D eigenvalue weighted by Crippen LogP contribution is 2.33. The van der Waals surface area contributed by atoms with E-state index < -0.39 is 0 Å². The lowest BCUT2D eigenvalue weighted by molar-refractivity contribution is 0.102. The van der Waals surface area contributed by atoms with Gasteiger partial charge in [0.15, 0.2) is 11.4 Å². The van der Waals surface area contributed by atoms with E-state index in [1.807, 2.05) is 67.9 Å². The number of rotatable bonds is 4. The first-order valence-electron chi connectivity index (χ1n) is 9.74. The number of amides is 1. The molecule has 0 atom stereocenters. The third-order valence-corrected chi connectivity index (χ3v) is 6.02. The molecule has 1 amide bonds. The van der Waals surface area contributed by atoms with E-state index in [1.54, 1.807) is 22.9 Å². The van der Waals surface area contributed by atoms with Crippen molar-refractivity contribution in [3.05, 3.63) is 70.9 Å². The molecular weight excluding hydrogens is 410 g/mol. The van der Waals surface area contributed by atoms with Crippen LogP contribution in [0.25, 0.3) is 32.9 Å². The van der Waals surface area contributed by atoms with Crippen molar-refractivity contribution in [3.63, 3.8) is 0 Å². The van der Waals surface area contributed by atoms with Crippen LogP contribution in [-0.2, 0) is 7.05 Å². The molecule has 5 rings (SSSR count). The number of carbonyl (C=O) groups excluding carboxylic acids is 1. The molecule has 1 N–H and O–H groups in total. The first kappa shape index (κ1) is 19.2. The van der Waals surface area contributed by atoms with E-state index in [2.05, 4.69) is 15.6 Å². The summed E-state index contributed by atoms with van der Waals surface area (Å²) >= 11 is 1.58. The molecule has 0 fully saturated rings. The Morgan fingerprint density at radius 3 is 2.65 bits per heavy atom. The monoisotopic (exact) mass is 429 g/mol. The number of hydrogen-bond acceptors (Lipinski definition) is 6. The third-order valence-electron chi connectivity index (χ3n) is 5.12. The van der Waals surface area contributed by atoms with Gasteiger partial charge >= 0.3 is 0 Å². The summed E-state index contributed by atoms with van der Waals surface area (Å²) in [4.78, 5) is 19.3. The third kappa shape index (κ3) is 3.30. The number of nitrogens with zero attached hydrogens (tertiary/aromatic N) is 4. The second-order valence-electron chi connectivity index (χ2n) is 7.23. The number of benzene rings is 1. The molecule has 0 aliphatic rings. The first-order valence-corrected chi connectivity index (χ1v) is 10.6. The number of nitrogens with one attached hydrogen (secondary N) is 1. The second kappa shape index (κ2) is 7.48. The Bertz CT molecular complexity index is 1400. The van der Waals surface area contributed by atoms with Crippen LogP contribution in [0.4, 0.5) is 5.69 Å². The summed E-state index contributed by atoms with van der Waals surface area (Å²) in [6.45, 7) is 3.69. The van der Waals surface area contributed by atoms with Crippen LogP contribution in [0.3, 0.4) is 0 Å². The van der Waals surface area contributed by atoms with Crippen molar-refractivity contribution in [2.24, 2.45) is 7.05 Å². The SMILES string of the molecule is Cc1noc(-c2ccccc2)c1NC(=O)c1cc(-c2cccs2)nc2c1c(C)nn2C. The molecule has 5 aromatic rings. The number of aryl methyl sites for hydroxylation is 3. The molecule has 4 heterocycles. The normalized spacial score (nSPS) is 11.2. The first-order chi connectivity index (χ1) is 15.0. The molecule has 0 saturated carbocycles. The minimum absolute atomic E-state index is 0.259. The van der Waals surface area contributed by atoms with Crippen LogP contribution in [0, 0.1) is 13.8 Å². The molecule has 7 nitrogen and oxygen atoms in total. The van der Waals surface area contributed by atoms with Gasteiger partial charge in [-0.25, -0.2) is 4.98 Å². The minimum Gasteiger partial charge on any atom is -0.354 e. The summed E-state index contributed by atoms with van der Waals surface area (Å²) in [6.07, 6.45) is 0. The largest absolute Gasteiger partial charge is 0.354 e. The van der Waals surface area contributed by atoms with Crippen LogP contribution in [0.15, 0.2) is 58.4 Å². The number of anilines is 1. The topological polar surface area (TPSA) is 85.8 Å². The molecule has 154 valence electrons. The van der Waals surface area contributed by atoms with Gasteiger partial charge in [0.2, 0.25) is 0 Å². The zero-order valence-corrected chi connectivity index (χ0v) is 18.0. The van der Waals surface area contributed by atoms with Crippen molar-refractivity contribution in [1.82, 2.24) is 19.9 Å². The number of carbonyl (C=O) groups is 1. The number of thiophene rings is 1. The van der Waals surface area contributed by atoms with Gasteiger partial charge in [0.25, 0.3) is 5.91 Å². The maximum Gasteiger partial charge on any atom is 0.256 e. The van der Waals surface area contributed by atoms with Crippen LogP contribution in [0.2, 0.25) is 0 Å². The lowest BCUT2D eigenvalue weighted by Gasteiger charge is -2.09. The highest BCUT2D eigenvalue weighted by Gasteiger charge is 2.23. The molecule has 0 bridgehead atoms. The van der Waals surface area contributed by atoms with Gasteiger partial charge < -0.3 is 9.84 Å². The lowest BCUT2D eigenvalue weighted by atomic mass is 10.1. The second-order valence-corrected chi connectivity index (χ2v) is 8.18. The maximum absolute atomic E-state index is 13.5. The van der Waals surface area contributed by atoms with E-state index in [4.69, 9.17) is 9.51 Å². The molecule has 0 spiro atoms. The zero-order valence-electron chi connectivity index (χ0n) is 17.2. The van der Waals surface area contributed by atoms with Crippen molar-refractivity contribution >= 4 is 34.0 Å². The molecule has 0 unspecified atom stereocenters. The predicted molar refractivity (Wildman–Crippen MR) is 121 cm³/mol. The Kier molecular flexibility index (Phi) is 4.63. The van der Waals surface area contributed by atoms with E-state index >= 15 is 0 Å². The fourth-order valence-electron chi connectivity index (χ4n) is 3.66. The van der Waals surface area contributed by atoms with Gasteiger partial charge in [0.1, 0.15) is 11.4 Å². The predicted octanol–water partition coefficient (Wildman–Crippen LogP) is 5.22. The van der Waals surface area contributed by atoms with Gasteiger partial charge in [-0.2, -0.15) is 5.10 Å². The number of hydrogen-bond donors (Lipinski definition) is 1. The van der Waals surface area contributed by atoms with E-state index in [-0.39, 0.29) is 5.91 Å². The molecular formula is C23H19N5O2S. The standard InChI is InChI=1S/C23H19N5O2S/c1-13-19-16(12-17(18-10-7-11-31-18)24-22(19)28(3)26-13)23(29)25-20-14(2)27-30-21(20)15-8-5-4-6-9-15/h4-12H,1-3H3,(H,25,29). The Morgan fingerprint density at radius 1 is 1.10 bits per heavy atom. The van der Waals surface area contributed by atoms with Crippen LogP contribution >= 0.6 is 11.3 Å². The van der Waals surface area contributed by atoms with Gasteiger partial charge in [-0.15, -0.1) is 11.3 Å². The van der Waals surface area contributed by atoms with Crippen molar-refractivity contribution in [3.8, 4) is 21.9 Å². The fraction of sp³-hybridized carbons (Fsp3) is 0.130. The molecule has 8 heteroatoms. The average molecular weight is 430 g/mol. The lowest BCUT2D eigenvalue weighted by Crippen LogP contribution is -2.14. The Hall–Kier alpha value is -3.78. The van der Waals surface area contributed by atoms with Crippen molar-refractivity contribution < 1.29 is 9.32 Å². The van der Waals surface area contributed by atoms with Crippen molar-refractivity contribution in [1.29, 1.82) is 0 Å². The molecule has 0 aliphatic carbocycles. The van der Waals surface area contributed by atoms with E-state index in [9.17, 15) is 4.79 Å². The molecule has 31 heavy (non-hydrogen) atoms. The minimum atomic E-state index is -0.259. The number of pyridine rings is 1. The summed E-state index contributed by atoms with van der Waals surface area (Å²) in [7, 11) is 1.83. The van der Waals surface area contributed by atoms with Crippen LogP contribution in [0.5, 0.6) is 0 Å². The van der Waals surface area contributed by atoms with Gasteiger partial charge in [-0.3, -0.25) is 9.48 Å². The average Bonchev–Trinajstić information content (AvgIpc) is 3.50. The molecule has 0 aliphatic heterocycles. The van der Waals surface area contributed by atoms with Gasteiger partial charge in [0.05, 0.1) is 27.2 Å². The summed E-state index contributed by atoms with van der Waals surface area (Å²) in [6, 6.07) is 15.4. The smallest absolute Gasteiger partial charge is 0.256 e. The van der Waals surface area contributed by atoms with Crippen LogP contribution in [0.1, 0.15) is 21.7 Å². The quantitative estimate of drug-likeness (QED) is 0.423. The summed E-state index contributed by atoms with van der Waals surface area (Å²) in [5.74, 6) is 0.267. The Labute approximate surface area is 182 Å². The highest BCUT2D eigenvalue weighted by molar-refractivity contribution is 7.13. The van der Waals surface area contributed by atoms with Gasteiger partial charge in [0, 0.05) is 12.6 Å². The molecule has 0 radical (unpaired) electrons.